The van der Waals surface area contributed by atoms with Gasteiger partial charge in [0.2, 0.25) is 0 Å². The Kier molecular flexibility index (Phi) is 5.77. The number of carbonyl (C=O) groups excluding carboxylic acids is 2. The maximum Gasteiger partial charge on any atom is 0.326 e. The highest BCUT2D eigenvalue weighted by Gasteiger charge is 2.34. The van der Waals surface area contributed by atoms with Crippen LogP contribution in [0.5, 0.6) is 0 Å². The summed E-state index contributed by atoms with van der Waals surface area (Å²) in [4.78, 5) is 38.0. The third kappa shape index (κ3) is 3.98. The van der Waals surface area contributed by atoms with Gasteiger partial charge in [-0.2, -0.15) is 0 Å². The topological polar surface area (TPSA) is 109 Å². The van der Waals surface area contributed by atoms with Gasteiger partial charge in [-0.3, -0.25) is 24.7 Å². The standard InChI is InChI=1S/C13H16N2O6/c1-4-20-12(16)11(13(17)21-5-2)9-6-10(15(18)19)8(3)7-14-9/h6-7,11H,4-5H2,1-3H3. The summed E-state index contributed by atoms with van der Waals surface area (Å²) in [7, 11) is 0. The summed E-state index contributed by atoms with van der Waals surface area (Å²) in [5.74, 6) is -3.12. The zero-order valence-electron chi connectivity index (χ0n) is 12.0. The van der Waals surface area contributed by atoms with E-state index in [1.165, 1.54) is 13.1 Å². The molecule has 0 bridgehead atoms. The monoisotopic (exact) mass is 296 g/mol. The molecule has 1 rings (SSSR count). The van der Waals surface area contributed by atoms with Crippen molar-refractivity contribution in [3.05, 3.63) is 33.6 Å². The number of nitrogens with zero attached hydrogens (tertiary/aromatic N) is 2. The lowest BCUT2D eigenvalue weighted by Gasteiger charge is -2.14. The van der Waals surface area contributed by atoms with Gasteiger partial charge in [-0.25, -0.2) is 0 Å². The highest BCUT2D eigenvalue weighted by atomic mass is 16.6. The van der Waals surface area contributed by atoms with E-state index >= 15 is 0 Å². The van der Waals surface area contributed by atoms with Gasteiger partial charge in [-0.1, -0.05) is 0 Å². The second-order valence-electron chi connectivity index (χ2n) is 4.09. The van der Waals surface area contributed by atoms with Crippen LogP contribution in [0.3, 0.4) is 0 Å². The van der Waals surface area contributed by atoms with Crippen molar-refractivity contribution >= 4 is 17.6 Å². The lowest BCUT2D eigenvalue weighted by atomic mass is 10.0. The number of esters is 2. The van der Waals surface area contributed by atoms with Crippen molar-refractivity contribution in [2.75, 3.05) is 13.2 Å². The summed E-state index contributed by atoms with van der Waals surface area (Å²) in [6.45, 7) is 4.83. The minimum atomic E-state index is -1.43. The predicted molar refractivity (Wildman–Crippen MR) is 71.6 cm³/mol. The molecule has 0 aliphatic carbocycles. The van der Waals surface area contributed by atoms with E-state index in [4.69, 9.17) is 9.47 Å². The van der Waals surface area contributed by atoms with Gasteiger partial charge in [0, 0.05) is 17.8 Å². The van der Waals surface area contributed by atoms with E-state index < -0.39 is 22.8 Å². The van der Waals surface area contributed by atoms with Crippen molar-refractivity contribution < 1.29 is 24.0 Å². The molecule has 0 aromatic carbocycles. The first kappa shape index (κ1) is 16.5. The Hall–Kier alpha value is -2.51. The van der Waals surface area contributed by atoms with Crippen molar-refractivity contribution in [2.24, 2.45) is 0 Å². The van der Waals surface area contributed by atoms with Crippen molar-refractivity contribution in [2.45, 2.75) is 26.7 Å². The minimum Gasteiger partial charge on any atom is -0.465 e. The maximum atomic E-state index is 11.9. The van der Waals surface area contributed by atoms with Gasteiger partial charge in [-0.05, 0) is 20.8 Å². The van der Waals surface area contributed by atoms with Crippen LogP contribution in [0.1, 0.15) is 31.0 Å². The molecular weight excluding hydrogens is 280 g/mol. The summed E-state index contributed by atoms with van der Waals surface area (Å²) in [6.07, 6.45) is 1.24. The molecule has 1 aromatic rings. The Morgan fingerprint density at radius 1 is 1.29 bits per heavy atom. The third-order valence-corrected chi connectivity index (χ3v) is 2.63. The first-order valence-corrected chi connectivity index (χ1v) is 6.36. The summed E-state index contributed by atoms with van der Waals surface area (Å²) in [5, 5.41) is 10.9. The zero-order valence-corrected chi connectivity index (χ0v) is 12.0. The summed E-state index contributed by atoms with van der Waals surface area (Å²) in [5.41, 5.74) is 0.0398. The molecule has 0 saturated carbocycles. The summed E-state index contributed by atoms with van der Waals surface area (Å²) < 4.78 is 9.61. The van der Waals surface area contributed by atoms with E-state index in [-0.39, 0.29) is 24.6 Å². The molecule has 8 heteroatoms. The van der Waals surface area contributed by atoms with Crippen molar-refractivity contribution in [3.63, 3.8) is 0 Å². The highest BCUT2D eigenvalue weighted by Crippen LogP contribution is 2.24. The van der Waals surface area contributed by atoms with Crippen molar-refractivity contribution in [1.29, 1.82) is 0 Å². The van der Waals surface area contributed by atoms with Gasteiger partial charge < -0.3 is 9.47 Å². The van der Waals surface area contributed by atoms with Crippen LogP contribution in [0.25, 0.3) is 0 Å². The van der Waals surface area contributed by atoms with Gasteiger partial charge >= 0.3 is 11.9 Å². The van der Waals surface area contributed by atoms with Crippen LogP contribution < -0.4 is 0 Å². The van der Waals surface area contributed by atoms with E-state index in [1.807, 2.05) is 0 Å². The van der Waals surface area contributed by atoms with Gasteiger partial charge in [0.05, 0.1) is 23.8 Å². The number of ether oxygens (including phenoxy) is 2. The molecule has 0 aliphatic rings. The average molecular weight is 296 g/mol. The Labute approximate surface area is 121 Å². The van der Waals surface area contributed by atoms with Crippen LogP contribution in [0, 0.1) is 17.0 Å². The highest BCUT2D eigenvalue weighted by molar-refractivity contribution is 6.00. The second-order valence-corrected chi connectivity index (χ2v) is 4.09. The maximum absolute atomic E-state index is 11.9. The number of rotatable bonds is 6. The average Bonchev–Trinajstić information content (AvgIpc) is 2.41. The number of hydrogen-bond acceptors (Lipinski definition) is 7. The first-order valence-electron chi connectivity index (χ1n) is 6.36. The van der Waals surface area contributed by atoms with Crippen LogP contribution in [0.4, 0.5) is 5.69 Å². The quantitative estimate of drug-likeness (QED) is 0.338. The normalized spacial score (nSPS) is 10.3. The predicted octanol–water partition coefficient (Wildman–Crippen LogP) is 1.51. The van der Waals surface area contributed by atoms with E-state index in [0.29, 0.717) is 5.56 Å². The summed E-state index contributed by atoms with van der Waals surface area (Å²) in [6, 6.07) is 1.09. The van der Waals surface area contributed by atoms with Gasteiger partial charge in [0.1, 0.15) is 0 Å². The first-order chi connectivity index (χ1) is 9.92. The molecule has 0 atom stereocenters. The largest absolute Gasteiger partial charge is 0.465 e. The number of carbonyl (C=O) groups is 2. The van der Waals surface area contributed by atoms with E-state index in [9.17, 15) is 19.7 Å². The number of pyridine rings is 1. The number of aryl methyl sites for hydroxylation is 1. The van der Waals surface area contributed by atoms with Crippen LogP contribution in [-0.2, 0) is 19.1 Å². The van der Waals surface area contributed by atoms with Crippen LogP contribution >= 0.6 is 0 Å². The lowest BCUT2D eigenvalue weighted by molar-refractivity contribution is -0.385. The molecule has 21 heavy (non-hydrogen) atoms. The van der Waals surface area contributed by atoms with Crippen LogP contribution in [0.2, 0.25) is 0 Å². The molecule has 0 saturated heterocycles. The summed E-state index contributed by atoms with van der Waals surface area (Å²) >= 11 is 0. The number of nitro groups is 1. The molecule has 8 nitrogen and oxygen atoms in total. The Morgan fingerprint density at radius 3 is 2.24 bits per heavy atom. The Bertz CT molecular complexity index is 540. The molecule has 114 valence electrons. The van der Waals surface area contributed by atoms with Gasteiger partial charge in [0.25, 0.3) is 5.69 Å². The second kappa shape index (κ2) is 7.32. The molecule has 1 heterocycles. The molecule has 0 radical (unpaired) electrons. The molecule has 0 N–H and O–H groups in total. The van der Waals surface area contributed by atoms with Gasteiger partial charge in [-0.15, -0.1) is 0 Å². The third-order valence-electron chi connectivity index (χ3n) is 2.63. The molecule has 0 fully saturated rings. The lowest BCUT2D eigenvalue weighted by Crippen LogP contribution is -2.27. The van der Waals surface area contributed by atoms with E-state index in [2.05, 4.69) is 4.98 Å². The molecular formula is C13H16N2O6. The van der Waals surface area contributed by atoms with Crippen LogP contribution in [-0.4, -0.2) is 35.1 Å². The van der Waals surface area contributed by atoms with Gasteiger partial charge in [0.15, 0.2) is 5.92 Å². The molecule has 1 aromatic heterocycles. The van der Waals surface area contributed by atoms with Crippen LogP contribution in [0.15, 0.2) is 12.3 Å². The van der Waals surface area contributed by atoms with Crippen molar-refractivity contribution in [3.8, 4) is 0 Å². The minimum absolute atomic E-state index is 0.0656. The fourth-order valence-electron chi connectivity index (χ4n) is 1.67. The van der Waals surface area contributed by atoms with E-state index in [1.54, 1.807) is 13.8 Å². The number of aromatic nitrogens is 1. The Morgan fingerprint density at radius 2 is 1.81 bits per heavy atom. The van der Waals surface area contributed by atoms with E-state index in [0.717, 1.165) is 6.07 Å². The Balaban J connectivity index is 3.25. The fraction of sp³-hybridized carbons (Fsp3) is 0.462. The fourth-order valence-corrected chi connectivity index (χ4v) is 1.67. The zero-order chi connectivity index (χ0) is 16.0. The SMILES string of the molecule is CCOC(=O)C(C(=O)OCC)c1cc([N+](=O)[O-])c(C)cn1. The molecule has 0 unspecified atom stereocenters. The van der Waals surface area contributed by atoms with Crippen molar-refractivity contribution in [1.82, 2.24) is 4.98 Å². The number of hydrogen-bond donors (Lipinski definition) is 0. The molecule has 0 amide bonds. The molecule has 0 aliphatic heterocycles. The molecule has 0 spiro atoms. The smallest absolute Gasteiger partial charge is 0.326 e.